The van der Waals surface area contributed by atoms with Crippen molar-refractivity contribution >= 4 is 87.0 Å². The first-order valence-corrected chi connectivity index (χ1v) is 47.0. The molecular formula is C82H110N18O17S4. The lowest BCUT2D eigenvalue weighted by atomic mass is 9.90. The first-order chi connectivity index (χ1) is 57.5. The second kappa shape index (κ2) is 36.4. The van der Waals surface area contributed by atoms with Gasteiger partial charge in [0.2, 0.25) is 23.5 Å². The Labute approximate surface area is 706 Å². The van der Waals surface area contributed by atoms with Gasteiger partial charge in [-0.2, -0.15) is 20.4 Å². The SMILES string of the molecule is CN[C@H]1COc2c(S(=O)(=O)NC(=O)Nc3c(C(C)C)cc(C)cc3C(C)C)cnn2C1.CN[C@H]1COc2c(S(=O)(=O)NC(=O)Nc3c4c(cc5c3CCC5)CCC4)cnn2C1.CO[C@H]1COc2c(S(=O)(=O)NC(=O)Nc3c(C(C)C)cc(C)cc3C(C)C)cnn2C1.Cc1c2c(c(NC(=O)NS(=O)(=O)c3cnn4c3OCCC4)c3c1CCC3)CCC2. The maximum atomic E-state index is 12.9. The first kappa shape index (κ1) is 88.5. The number of hydrogen-bond donors (Lipinski definition) is 10. The van der Waals surface area contributed by atoms with Crippen LogP contribution >= 0.6 is 0 Å². The molecule has 8 aliphatic rings. The molecular weight excluding hydrogens is 1640 g/mol. The van der Waals surface area contributed by atoms with Crippen molar-refractivity contribution in [2.75, 3.05) is 68.9 Å². The minimum absolute atomic E-state index is 0.0321. The van der Waals surface area contributed by atoms with E-state index in [1.54, 1.807) is 14.2 Å². The van der Waals surface area contributed by atoms with Crippen molar-refractivity contribution in [3.05, 3.63) is 139 Å². The molecule has 3 atom stereocenters. The van der Waals surface area contributed by atoms with Gasteiger partial charge >= 0.3 is 24.1 Å². The normalized spacial score (nSPS) is 17.3. The summed E-state index contributed by atoms with van der Waals surface area (Å²) >= 11 is 0. The van der Waals surface area contributed by atoms with E-state index in [0.29, 0.717) is 57.4 Å². The maximum Gasteiger partial charge on any atom is 0.333 e. The maximum absolute atomic E-state index is 12.9. The number of nitrogens with zero attached hydrogens (tertiary/aromatic N) is 8. The number of sulfonamides is 4. The second-order valence-electron chi connectivity index (χ2n) is 32.8. The second-order valence-corrected chi connectivity index (χ2v) is 39.4. The van der Waals surface area contributed by atoms with Gasteiger partial charge in [0.25, 0.3) is 40.1 Å². The van der Waals surface area contributed by atoms with E-state index in [0.717, 1.165) is 139 Å². The van der Waals surface area contributed by atoms with Gasteiger partial charge in [-0.05, 0) is 208 Å². The van der Waals surface area contributed by atoms with Gasteiger partial charge in [0.1, 0.15) is 25.9 Å². The molecule has 0 unspecified atom stereocenters. The summed E-state index contributed by atoms with van der Waals surface area (Å²) in [6.07, 6.45) is 17.3. The van der Waals surface area contributed by atoms with Crippen LogP contribution in [0, 0.1) is 20.8 Å². The number of hydrogen-bond acceptors (Lipinski definition) is 23. The van der Waals surface area contributed by atoms with Crippen LogP contribution in [-0.4, -0.2) is 163 Å². The van der Waals surface area contributed by atoms with E-state index >= 15 is 0 Å². The molecule has 4 aromatic heterocycles. The standard InChI is InChI=1S/C21H31N5O4S.C21H30N4O5S.C20H25N5O4S.C20H24N4O4S/c1-12(2)16-7-14(5)8-17(13(3)4)19(16)24-21(27)25-31(28,29)18-9-23-26-10-15(22-6)11-30-20(18)26;1-12(2)16-7-14(5)8-17(13(3)4)19(16)23-21(26)24-31(27,28)18-9-22-25-10-15(29-6)11-30-20(18)25;1-21-14-10-25-19(29-11-14)17(9-22-25)30(27,28)24-20(26)23-18-15-6-2-4-12(15)8-13-5-3-7-16(13)18;1-12-13-5-2-7-15(13)18(16-8-3-6-14(12)16)22-20(25)23-29(26,27)17-11-21-24-9-4-10-28-19(17)24/h7-9,12-13,15,22H,10-11H2,1-6H3,(H2,24,25,27);7-9,12-13,15H,10-11H2,1-6H3,(H2,23,24,26);8-9,14,21H,2-7,10-11H2,1H3,(H2,23,24,26);11H,2-10H2,1H3,(H2,22,23,25)/t2*15-;14-;/m111./s1. The number of urea groups is 4. The van der Waals surface area contributed by atoms with Gasteiger partial charge in [-0.1, -0.05) is 96.8 Å². The summed E-state index contributed by atoms with van der Waals surface area (Å²) in [6.45, 7) is 25.7. The largest absolute Gasteiger partial charge is 0.477 e. The number of methoxy groups -OCH3 is 1. The van der Waals surface area contributed by atoms with Crippen molar-refractivity contribution in [1.82, 2.24) is 68.6 Å². The van der Waals surface area contributed by atoms with E-state index < -0.39 is 64.2 Å². The minimum atomic E-state index is -4.19. The van der Waals surface area contributed by atoms with E-state index in [2.05, 4.69) is 84.2 Å². The number of benzene rings is 4. The number of anilines is 4. The van der Waals surface area contributed by atoms with Crippen molar-refractivity contribution in [3.63, 3.8) is 0 Å². The number of carbonyl (C=O) groups excluding carboxylic acids is 4. The highest BCUT2D eigenvalue weighted by atomic mass is 32.2. The fourth-order valence-electron chi connectivity index (χ4n) is 16.9. The zero-order chi connectivity index (χ0) is 86.9. The molecule has 8 heterocycles. The van der Waals surface area contributed by atoms with Gasteiger partial charge in [-0.3, -0.25) is 0 Å². The van der Waals surface area contributed by atoms with E-state index in [9.17, 15) is 52.8 Å². The van der Waals surface area contributed by atoms with Crippen LogP contribution in [0.2, 0.25) is 0 Å². The Kier molecular flexibility index (Phi) is 26.6. The summed E-state index contributed by atoms with van der Waals surface area (Å²) in [4.78, 5) is 50.3. The fraction of sp³-hybridized carbons (Fsp3) is 0.512. The molecule has 10 N–H and O–H groups in total. The van der Waals surface area contributed by atoms with Gasteiger partial charge in [-0.25, -0.2) is 90.5 Å². The third-order valence-corrected chi connectivity index (χ3v) is 28.2. The number of ether oxygens (including phenoxy) is 5. The summed E-state index contributed by atoms with van der Waals surface area (Å²) in [5, 5.41) is 33.7. The number of nitrogens with one attached hydrogen (secondary N) is 10. The van der Waals surface area contributed by atoms with E-state index in [1.807, 2.05) is 101 Å². The fourth-order valence-corrected chi connectivity index (χ4v) is 20.8. The summed E-state index contributed by atoms with van der Waals surface area (Å²) < 4.78 is 145. The number of carbonyl (C=O) groups is 4. The van der Waals surface area contributed by atoms with Crippen LogP contribution in [-0.2, 0) is 122 Å². The molecule has 8 aromatic rings. The molecule has 4 aliphatic carbocycles. The number of aryl methyl sites for hydroxylation is 5. The molecule has 4 aliphatic heterocycles. The van der Waals surface area contributed by atoms with Gasteiger partial charge in [0, 0.05) is 42.8 Å². The molecule has 0 saturated heterocycles. The number of rotatable bonds is 19. The lowest BCUT2D eigenvalue weighted by Crippen LogP contribution is -2.40. The molecule has 16 rings (SSSR count). The van der Waals surface area contributed by atoms with Crippen LogP contribution in [0.1, 0.15) is 195 Å². The van der Waals surface area contributed by atoms with Gasteiger partial charge in [-0.15, -0.1) is 0 Å². The Hall–Kier alpha value is -10.3. The molecule has 0 bridgehead atoms. The molecule has 0 spiro atoms. The molecule has 0 radical (unpaired) electrons. The van der Waals surface area contributed by atoms with Crippen LogP contribution in [0.15, 0.2) is 74.7 Å². The van der Waals surface area contributed by atoms with Crippen molar-refractivity contribution in [3.8, 4) is 23.5 Å². The summed E-state index contributed by atoms with van der Waals surface area (Å²) in [7, 11) is -11.4. The predicted molar refractivity (Wildman–Crippen MR) is 454 cm³/mol. The van der Waals surface area contributed by atoms with Gasteiger partial charge in [0.15, 0.2) is 19.6 Å². The van der Waals surface area contributed by atoms with E-state index in [-0.39, 0.29) is 91.6 Å². The van der Waals surface area contributed by atoms with Crippen LogP contribution in [0.5, 0.6) is 23.5 Å². The third kappa shape index (κ3) is 19.2. The lowest BCUT2D eigenvalue weighted by Gasteiger charge is -2.24. The number of likely N-dealkylation sites (N-methyl/N-ethyl adjacent to an activating group) is 2. The van der Waals surface area contributed by atoms with Crippen LogP contribution < -0.4 is 69.7 Å². The van der Waals surface area contributed by atoms with Crippen molar-refractivity contribution in [2.24, 2.45) is 0 Å². The predicted octanol–water partition coefficient (Wildman–Crippen LogP) is 10.1. The zero-order valence-electron chi connectivity index (χ0n) is 70.7. The molecule has 4 aromatic carbocycles. The van der Waals surface area contributed by atoms with Crippen molar-refractivity contribution in [2.45, 2.75) is 247 Å². The van der Waals surface area contributed by atoms with Gasteiger partial charge in [0.05, 0.1) is 63.1 Å². The topological polar surface area (TPSA) is 443 Å². The highest BCUT2D eigenvalue weighted by Gasteiger charge is 2.38. The van der Waals surface area contributed by atoms with Crippen LogP contribution in [0.25, 0.3) is 0 Å². The third-order valence-electron chi connectivity index (χ3n) is 23.0. The molecule has 654 valence electrons. The molecule has 39 heteroatoms. The smallest absolute Gasteiger partial charge is 0.333 e. The number of amides is 8. The highest BCUT2D eigenvalue weighted by Crippen LogP contribution is 2.44. The van der Waals surface area contributed by atoms with Crippen molar-refractivity contribution < 1.29 is 76.5 Å². The summed E-state index contributed by atoms with van der Waals surface area (Å²) in [5.74, 6) is 1.17. The number of fused-ring (bicyclic) bond motifs is 8. The Morgan fingerprint density at radius 1 is 0.397 bits per heavy atom. The Balaban J connectivity index is 0.000000139. The molecule has 8 amide bonds. The molecule has 35 nitrogen and oxygen atoms in total. The Morgan fingerprint density at radius 2 is 0.711 bits per heavy atom. The Bertz CT molecular complexity index is 5500. The quantitative estimate of drug-likeness (QED) is 0.0360. The number of aromatic nitrogens is 8. The summed E-state index contributed by atoms with van der Waals surface area (Å²) in [5.41, 5.74) is 20.1. The average Bonchev–Trinajstić information content (AvgIpc) is 1.66. The minimum Gasteiger partial charge on any atom is -0.477 e. The van der Waals surface area contributed by atoms with Crippen molar-refractivity contribution in [1.29, 1.82) is 0 Å². The zero-order valence-corrected chi connectivity index (χ0v) is 74.0. The Morgan fingerprint density at radius 3 is 1.07 bits per heavy atom. The molecule has 0 fully saturated rings. The summed E-state index contributed by atoms with van der Waals surface area (Å²) in [6, 6.07) is 7.23. The highest BCUT2D eigenvalue weighted by molar-refractivity contribution is 7.91. The molecule has 0 saturated carbocycles. The van der Waals surface area contributed by atoms with E-state index in [1.165, 1.54) is 82.5 Å². The monoisotopic (exact) mass is 1750 g/mol. The molecule has 121 heavy (non-hydrogen) atoms. The average molecular weight is 1750 g/mol. The van der Waals surface area contributed by atoms with Crippen LogP contribution in [0.3, 0.4) is 0 Å². The van der Waals surface area contributed by atoms with Crippen LogP contribution in [0.4, 0.5) is 41.9 Å². The first-order valence-electron chi connectivity index (χ1n) is 41.1. The van der Waals surface area contributed by atoms with E-state index in [4.69, 9.17) is 23.7 Å². The lowest BCUT2D eigenvalue weighted by molar-refractivity contribution is 0.0165. The van der Waals surface area contributed by atoms with Gasteiger partial charge < -0.3 is 55.6 Å².